The van der Waals surface area contributed by atoms with Gasteiger partial charge in [0, 0.05) is 29.7 Å². The van der Waals surface area contributed by atoms with Crippen molar-refractivity contribution in [2.75, 3.05) is 25.5 Å². The van der Waals surface area contributed by atoms with Crippen molar-refractivity contribution in [3.63, 3.8) is 0 Å². The summed E-state index contributed by atoms with van der Waals surface area (Å²) in [4.78, 5) is 28.1. The highest BCUT2D eigenvalue weighted by molar-refractivity contribution is 6.08. The molecule has 1 saturated heterocycles. The number of hydrogen-bond acceptors (Lipinski definition) is 3. The minimum Gasteiger partial charge on any atom is -0.496 e. The van der Waals surface area contributed by atoms with Gasteiger partial charge in [-0.15, -0.1) is 0 Å². The molecule has 5 heteroatoms. The number of nitrogens with zero attached hydrogens (tertiary/aromatic N) is 1. The number of aryl methyl sites for hydroxylation is 2. The first-order chi connectivity index (χ1) is 15.0. The highest BCUT2D eigenvalue weighted by atomic mass is 16.5. The number of ether oxygens (including phenoxy) is 1. The van der Waals surface area contributed by atoms with Crippen LogP contribution in [0.2, 0.25) is 0 Å². The Labute approximate surface area is 183 Å². The lowest BCUT2D eigenvalue weighted by Crippen LogP contribution is -2.43. The van der Waals surface area contributed by atoms with Gasteiger partial charge in [-0.05, 0) is 67.5 Å². The van der Waals surface area contributed by atoms with Crippen LogP contribution in [-0.4, -0.2) is 36.9 Å². The smallest absolute Gasteiger partial charge is 0.254 e. The third kappa shape index (κ3) is 4.26. The zero-order valence-corrected chi connectivity index (χ0v) is 18.3. The van der Waals surface area contributed by atoms with E-state index in [9.17, 15) is 9.59 Å². The maximum atomic E-state index is 13.4. The Balaban J connectivity index is 1.52. The molecule has 1 aliphatic heterocycles. The van der Waals surface area contributed by atoms with Crippen LogP contribution in [0.4, 0.5) is 5.69 Å². The minimum absolute atomic E-state index is 0.0275. The molecule has 0 saturated carbocycles. The maximum Gasteiger partial charge on any atom is 0.254 e. The highest BCUT2D eigenvalue weighted by Crippen LogP contribution is 2.30. The van der Waals surface area contributed by atoms with Crippen LogP contribution in [0.25, 0.3) is 10.8 Å². The standard InChI is InChI=1S/C26H28N2O3/c1-17-10-11-20(15-18(17)2)27-25(29)19-7-6-14-28(16-19)26(30)23-12-13-24(31-3)22-9-5-4-8-21(22)23/h4-5,8-13,15,19H,6-7,14,16H2,1-3H3,(H,27,29). The van der Waals surface area contributed by atoms with Crippen LogP contribution < -0.4 is 10.1 Å². The first-order valence-corrected chi connectivity index (χ1v) is 10.7. The van der Waals surface area contributed by atoms with Crippen molar-refractivity contribution in [3.05, 3.63) is 71.3 Å². The van der Waals surface area contributed by atoms with E-state index in [0.717, 1.165) is 40.6 Å². The first kappa shape index (κ1) is 20.9. The van der Waals surface area contributed by atoms with Crippen molar-refractivity contribution in [1.82, 2.24) is 4.90 Å². The van der Waals surface area contributed by atoms with E-state index >= 15 is 0 Å². The van der Waals surface area contributed by atoms with Crippen LogP contribution in [0.15, 0.2) is 54.6 Å². The molecule has 1 aliphatic rings. The molecule has 31 heavy (non-hydrogen) atoms. The summed E-state index contributed by atoms with van der Waals surface area (Å²) in [6.45, 7) is 5.17. The van der Waals surface area contributed by atoms with E-state index in [4.69, 9.17) is 4.74 Å². The molecular weight excluding hydrogens is 388 g/mol. The zero-order valence-electron chi connectivity index (χ0n) is 18.3. The van der Waals surface area contributed by atoms with Gasteiger partial charge >= 0.3 is 0 Å². The van der Waals surface area contributed by atoms with Gasteiger partial charge in [0.25, 0.3) is 5.91 Å². The molecule has 1 atom stereocenters. The zero-order chi connectivity index (χ0) is 22.0. The number of likely N-dealkylation sites (tertiary alicyclic amines) is 1. The molecule has 5 nitrogen and oxygen atoms in total. The number of anilines is 1. The maximum absolute atomic E-state index is 13.4. The molecule has 1 N–H and O–H groups in total. The van der Waals surface area contributed by atoms with E-state index < -0.39 is 0 Å². The second-order valence-electron chi connectivity index (χ2n) is 8.24. The van der Waals surface area contributed by atoms with Gasteiger partial charge in [-0.2, -0.15) is 0 Å². The molecule has 3 aromatic rings. The molecule has 3 aromatic carbocycles. The van der Waals surface area contributed by atoms with Crippen LogP contribution in [0, 0.1) is 19.8 Å². The molecule has 4 rings (SSSR count). The number of rotatable bonds is 4. The lowest BCUT2D eigenvalue weighted by Gasteiger charge is -2.32. The van der Waals surface area contributed by atoms with Crippen molar-refractivity contribution < 1.29 is 14.3 Å². The number of amides is 2. The van der Waals surface area contributed by atoms with E-state index in [-0.39, 0.29) is 17.7 Å². The molecule has 0 aliphatic carbocycles. The minimum atomic E-state index is -0.219. The SMILES string of the molecule is COc1ccc(C(=O)N2CCCC(C(=O)Nc3ccc(C)c(C)c3)C2)c2ccccc12. The van der Waals surface area contributed by atoms with Crippen molar-refractivity contribution in [2.45, 2.75) is 26.7 Å². The number of piperidine rings is 1. The molecule has 0 spiro atoms. The molecule has 1 heterocycles. The molecule has 0 aromatic heterocycles. The summed E-state index contributed by atoms with van der Waals surface area (Å²) in [6.07, 6.45) is 1.59. The average Bonchev–Trinajstić information content (AvgIpc) is 2.80. The molecule has 1 fully saturated rings. The second kappa shape index (κ2) is 8.80. The van der Waals surface area contributed by atoms with E-state index in [1.165, 1.54) is 5.56 Å². The molecule has 0 radical (unpaired) electrons. The van der Waals surface area contributed by atoms with E-state index in [2.05, 4.69) is 12.2 Å². The largest absolute Gasteiger partial charge is 0.496 e. The Hall–Kier alpha value is -3.34. The first-order valence-electron chi connectivity index (χ1n) is 10.7. The Bertz CT molecular complexity index is 1140. The monoisotopic (exact) mass is 416 g/mol. The summed E-state index contributed by atoms with van der Waals surface area (Å²) >= 11 is 0. The highest BCUT2D eigenvalue weighted by Gasteiger charge is 2.30. The van der Waals surface area contributed by atoms with Crippen molar-refractivity contribution in [1.29, 1.82) is 0 Å². The molecule has 1 unspecified atom stereocenters. The van der Waals surface area contributed by atoms with Gasteiger partial charge in [-0.1, -0.05) is 30.3 Å². The summed E-state index contributed by atoms with van der Waals surface area (Å²) < 4.78 is 5.45. The number of methoxy groups -OCH3 is 1. The summed E-state index contributed by atoms with van der Waals surface area (Å²) in [5.74, 6) is 0.461. The fourth-order valence-corrected chi connectivity index (χ4v) is 4.25. The van der Waals surface area contributed by atoms with Crippen LogP contribution in [0.5, 0.6) is 5.75 Å². The van der Waals surface area contributed by atoms with Crippen LogP contribution >= 0.6 is 0 Å². The number of nitrogens with one attached hydrogen (secondary N) is 1. The number of carbonyl (C=O) groups is 2. The lowest BCUT2D eigenvalue weighted by molar-refractivity contribution is -0.121. The van der Waals surface area contributed by atoms with Gasteiger partial charge < -0.3 is 15.0 Å². The van der Waals surface area contributed by atoms with Crippen molar-refractivity contribution >= 4 is 28.3 Å². The topological polar surface area (TPSA) is 58.6 Å². The summed E-state index contributed by atoms with van der Waals surface area (Å²) in [5.41, 5.74) is 3.79. The van der Waals surface area contributed by atoms with E-state index in [0.29, 0.717) is 18.7 Å². The van der Waals surface area contributed by atoms with Gasteiger partial charge in [0.15, 0.2) is 0 Å². The Morgan fingerprint density at radius 2 is 1.77 bits per heavy atom. The number of carbonyl (C=O) groups excluding carboxylic acids is 2. The number of fused-ring (bicyclic) bond motifs is 1. The van der Waals surface area contributed by atoms with Gasteiger partial charge in [-0.25, -0.2) is 0 Å². The quantitative estimate of drug-likeness (QED) is 0.654. The fourth-order valence-electron chi connectivity index (χ4n) is 4.25. The Morgan fingerprint density at radius 3 is 2.52 bits per heavy atom. The number of benzene rings is 3. The third-order valence-electron chi connectivity index (χ3n) is 6.19. The summed E-state index contributed by atoms with van der Waals surface area (Å²) in [6, 6.07) is 17.3. The van der Waals surface area contributed by atoms with Crippen LogP contribution in [0.1, 0.15) is 34.3 Å². The van der Waals surface area contributed by atoms with Gasteiger partial charge in [0.1, 0.15) is 5.75 Å². The van der Waals surface area contributed by atoms with Crippen molar-refractivity contribution in [3.8, 4) is 5.75 Å². The average molecular weight is 417 g/mol. The molecule has 0 bridgehead atoms. The molecule has 2 amide bonds. The van der Waals surface area contributed by atoms with E-state index in [1.807, 2.05) is 66.4 Å². The molecule has 160 valence electrons. The van der Waals surface area contributed by atoms with Crippen LogP contribution in [-0.2, 0) is 4.79 Å². The predicted octanol–water partition coefficient (Wildman–Crippen LogP) is 4.96. The fraction of sp³-hybridized carbons (Fsp3) is 0.308. The van der Waals surface area contributed by atoms with Gasteiger partial charge in [0.05, 0.1) is 13.0 Å². The normalized spacial score (nSPS) is 16.2. The predicted molar refractivity (Wildman–Crippen MR) is 124 cm³/mol. The van der Waals surface area contributed by atoms with E-state index in [1.54, 1.807) is 7.11 Å². The van der Waals surface area contributed by atoms with Crippen LogP contribution in [0.3, 0.4) is 0 Å². The third-order valence-corrected chi connectivity index (χ3v) is 6.19. The summed E-state index contributed by atoms with van der Waals surface area (Å²) in [5, 5.41) is 4.81. The molecular formula is C26H28N2O3. The van der Waals surface area contributed by atoms with Gasteiger partial charge in [0.2, 0.25) is 5.91 Å². The van der Waals surface area contributed by atoms with Gasteiger partial charge in [-0.3, -0.25) is 9.59 Å². The van der Waals surface area contributed by atoms with Crippen molar-refractivity contribution in [2.24, 2.45) is 5.92 Å². The Morgan fingerprint density at radius 1 is 1.00 bits per heavy atom. The second-order valence-corrected chi connectivity index (χ2v) is 8.24. The summed E-state index contributed by atoms with van der Waals surface area (Å²) in [7, 11) is 1.63. The lowest BCUT2D eigenvalue weighted by atomic mass is 9.95. The number of hydrogen-bond donors (Lipinski definition) is 1. The Kier molecular flexibility index (Phi) is 5.94.